The maximum atomic E-state index is 9.26. The van der Waals surface area contributed by atoms with Crippen LogP contribution in [0.2, 0.25) is 0 Å². The Balaban J connectivity index is 1.68. The lowest BCUT2D eigenvalue weighted by atomic mass is 10.3. The van der Waals surface area contributed by atoms with Crippen molar-refractivity contribution in [1.29, 1.82) is 5.26 Å². The summed E-state index contributed by atoms with van der Waals surface area (Å²) in [5, 5.41) is 12.3. The lowest BCUT2D eigenvalue weighted by Crippen LogP contribution is -1.95. The van der Waals surface area contributed by atoms with E-state index in [0.29, 0.717) is 18.2 Å². The molecule has 0 atom stereocenters. The number of rotatable bonds is 7. The Labute approximate surface area is 159 Å². The van der Waals surface area contributed by atoms with Crippen LogP contribution in [0.4, 0.5) is 11.6 Å². The van der Waals surface area contributed by atoms with Crippen LogP contribution in [0.1, 0.15) is 18.5 Å². The number of benzene rings is 2. The van der Waals surface area contributed by atoms with Crippen LogP contribution in [0, 0.1) is 11.3 Å². The zero-order valence-corrected chi connectivity index (χ0v) is 15.6. The molecule has 3 rings (SSSR count). The van der Waals surface area contributed by atoms with E-state index in [9.17, 15) is 5.26 Å². The normalized spacial score (nSPS) is 10.2. The Bertz CT molecular complexity index is 899. The predicted molar refractivity (Wildman–Crippen MR) is 101 cm³/mol. The summed E-state index contributed by atoms with van der Waals surface area (Å²) in [7, 11) is 0. The molecule has 132 valence electrons. The van der Waals surface area contributed by atoms with E-state index in [1.807, 2.05) is 61.5 Å². The van der Waals surface area contributed by atoms with Gasteiger partial charge in [-0.2, -0.15) is 10.2 Å². The minimum Gasteiger partial charge on any atom is -0.494 e. The summed E-state index contributed by atoms with van der Waals surface area (Å²) in [6.07, 6.45) is 0. The fourth-order valence-corrected chi connectivity index (χ4v) is 2.46. The smallest absolute Gasteiger partial charge is 0.236 e. The van der Waals surface area contributed by atoms with E-state index < -0.39 is 0 Å². The van der Waals surface area contributed by atoms with Crippen molar-refractivity contribution in [3.63, 3.8) is 0 Å². The monoisotopic (exact) mass is 413 g/mol. The van der Waals surface area contributed by atoms with Gasteiger partial charge < -0.3 is 19.2 Å². The summed E-state index contributed by atoms with van der Waals surface area (Å²) >= 11 is 3.37. The molecule has 2 aromatic carbocycles. The van der Waals surface area contributed by atoms with E-state index in [1.54, 1.807) is 0 Å². The zero-order chi connectivity index (χ0) is 18.4. The fraction of sp³-hybridized carbons (Fsp3) is 0.158. The molecule has 3 aromatic rings. The van der Waals surface area contributed by atoms with Crippen molar-refractivity contribution in [2.45, 2.75) is 13.5 Å². The van der Waals surface area contributed by atoms with Crippen molar-refractivity contribution < 1.29 is 13.9 Å². The second-order valence-electron chi connectivity index (χ2n) is 5.22. The molecule has 0 aliphatic rings. The highest BCUT2D eigenvalue weighted by Gasteiger charge is 2.14. The summed E-state index contributed by atoms with van der Waals surface area (Å²) < 4.78 is 17.6. The molecular formula is C19H16BrN3O3. The minimum atomic E-state index is 0.126. The van der Waals surface area contributed by atoms with Crippen LogP contribution in [0.15, 0.2) is 57.4 Å². The summed E-state index contributed by atoms with van der Waals surface area (Å²) in [6.45, 7) is 2.66. The van der Waals surface area contributed by atoms with Gasteiger partial charge in [-0.3, -0.25) is 0 Å². The maximum Gasteiger partial charge on any atom is 0.236 e. The van der Waals surface area contributed by atoms with Gasteiger partial charge in [-0.1, -0.05) is 15.9 Å². The van der Waals surface area contributed by atoms with Crippen LogP contribution in [0.5, 0.6) is 11.5 Å². The lowest BCUT2D eigenvalue weighted by Gasteiger charge is -2.06. The van der Waals surface area contributed by atoms with Crippen LogP contribution >= 0.6 is 15.9 Å². The van der Waals surface area contributed by atoms with Crippen LogP contribution in [-0.2, 0) is 6.61 Å². The molecule has 0 saturated heterocycles. The third-order valence-corrected chi connectivity index (χ3v) is 3.91. The first kappa shape index (κ1) is 17.8. The molecule has 7 heteroatoms. The molecule has 0 fully saturated rings. The molecule has 0 radical (unpaired) electrons. The van der Waals surface area contributed by atoms with Crippen molar-refractivity contribution in [2.24, 2.45) is 0 Å². The molecule has 1 aromatic heterocycles. The number of oxazole rings is 1. The molecule has 0 spiro atoms. The van der Waals surface area contributed by atoms with Gasteiger partial charge in [0.25, 0.3) is 0 Å². The van der Waals surface area contributed by atoms with Gasteiger partial charge in [0.1, 0.15) is 17.6 Å². The number of hydrogen-bond donors (Lipinski definition) is 1. The van der Waals surface area contributed by atoms with Crippen molar-refractivity contribution in [1.82, 2.24) is 4.98 Å². The quantitative estimate of drug-likeness (QED) is 0.584. The second kappa shape index (κ2) is 8.41. The maximum absolute atomic E-state index is 9.26. The molecule has 0 aliphatic carbocycles. The fourth-order valence-electron chi connectivity index (χ4n) is 2.19. The number of anilines is 2. The predicted octanol–water partition coefficient (Wildman–Crippen LogP) is 5.03. The zero-order valence-electron chi connectivity index (χ0n) is 14.0. The molecule has 0 aliphatic heterocycles. The van der Waals surface area contributed by atoms with Crippen molar-refractivity contribution in [2.75, 3.05) is 11.9 Å². The molecule has 0 saturated carbocycles. The molecule has 1 heterocycles. The average Bonchev–Trinajstić information content (AvgIpc) is 3.05. The first-order chi connectivity index (χ1) is 12.7. The van der Waals surface area contributed by atoms with Gasteiger partial charge in [0.15, 0.2) is 6.61 Å². The van der Waals surface area contributed by atoms with Gasteiger partial charge in [-0.15, -0.1) is 0 Å². The largest absolute Gasteiger partial charge is 0.494 e. The average molecular weight is 414 g/mol. The number of hydrogen-bond acceptors (Lipinski definition) is 6. The van der Waals surface area contributed by atoms with E-state index in [1.165, 1.54) is 0 Å². The Hall–Kier alpha value is -2.98. The van der Waals surface area contributed by atoms with E-state index in [2.05, 4.69) is 26.2 Å². The van der Waals surface area contributed by atoms with Crippen molar-refractivity contribution in [3.8, 4) is 17.6 Å². The molecular weight excluding hydrogens is 398 g/mol. The Morgan fingerprint density at radius 1 is 1.08 bits per heavy atom. The summed E-state index contributed by atoms with van der Waals surface area (Å²) in [4.78, 5) is 4.16. The second-order valence-corrected chi connectivity index (χ2v) is 6.14. The van der Waals surface area contributed by atoms with E-state index in [0.717, 1.165) is 15.9 Å². The first-order valence-electron chi connectivity index (χ1n) is 7.96. The van der Waals surface area contributed by atoms with Crippen LogP contribution in [0.25, 0.3) is 0 Å². The first-order valence-corrected chi connectivity index (χ1v) is 8.75. The number of nitrogens with one attached hydrogen (secondary N) is 1. The Morgan fingerprint density at radius 3 is 2.38 bits per heavy atom. The third-order valence-electron chi connectivity index (χ3n) is 3.38. The Kier molecular flexibility index (Phi) is 5.77. The van der Waals surface area contributed by atoms with Crippen LogP contribution in [0.3, 0.4) is 0 Å². The number of nitrogens with zero attached hydrogens (tertiary/aromatic N) is 2. The molecule has 0 unspecified atom stereocenters. The molecule has 0 bridgehead atoms. The minimum absolute atomic E-state index is 0.126. The van der Waals surface area contributed by atoms with E-state index in [4.69, 9.17) is 13.9 Å². The highest BCUT2D eigenvalue weighted by atomic mass is 79.9. The van der Waals surface area contributed by atoms with Crippen LogP contribution in [-0.4, -0.2) is 11.6 Å². The van der Waals surface area contributed by atoms with Crippen LogP contribution < -0.4 is 14.8 Å². The van der Waals surface area contributed by atoms with Gasteiger partial charge in [0, 0.05) is 10.2 Å². The standard InChI is InChI=1S/C19H16BrN3O3/c1-2-24-15-9-5-14(6-10-15)22-19-17(11-21)23-18(26-19)12-25-16-7-3-13(20)4-8-16/h3-10,22H,2,12H2,1H3. The highest BCUT2D eigenvalue weighted by molar-refractivity contribution is 9.10. The summed E-state index contributed by atoms with van der Waals surface area (Å²) in [6, 6.07) is 16.8. The molecule has 6 nitrogen and oxygen atoms in total. The summed E-state index contributed by atoms with van der Waals surface area (Å²) in [5.41, 5.74) is 0.940. The van der Waals surface area contributed by atoms with Gasteiger partial charge in [0.05, 0.1) is 6.61 Å². The molecule has 1 N–H and O–H groups in total. The molecule has 26 heavy (non-hydrogen) atoms. The van der Waals surface area contributed by atoms with Crippen molar-refractivity contribution in [3.05, 3.63) is 64.6 Å². The number of ether oxygens (including phenoxy) is 2. The number of halogens is 1. The van der Waals surface area contributed by atoms with Crippen molar-refractivity contribution >= 4 is 27.5 Å². The van der Waals surface area contributed by atoms with Gasteiger partial charge in [-0.05, 0) is 55.5 Å². The SMILES string of the molecule is CCOc1ccc(Nc2oc(COc3ccc(Br)cc3)nc2C#N)cc1. The van der Waals surface area contributed by atoms with Gasteiger partial charge in [0.2, 0.25) is 17.5 Å². The van der Waals surface area contributed by atoms with Gasteiger partial charge >= 0.3 is 0 Å². The number of aromatic nitrogens is 1. The Morgan fingerprint density at radius 2 is 1.73 bits per heavy atom. The molecule has 0 amide bonds. The summed E-state index contributed by atoms with van der Waals surface area (Å²) in [5.74, 6) is 2.06. The van der Waals surface area contributed by atoms with Gasteiger partial charge in [-0.25, -0.2) is 0 Å². The topological polar surface area (TPSA) is 80.3 Å². The third kappa shape index (κ3) is 4.55. The van der Waals surface area contributed by atoms with E-state index >= 15 is 0 Å². The van der Waals surface area contributed by atoms with E-state index in [-0.39, 0.29) is 18.2 Å². The number of nitriles is 1. The highest BCUT2D eigenvalue weighted by Crippen LogP contribution is 2.24. The lowest BCUT2D eigenvalue weighted by molar-refractivity contribution is 0.265.